The highest BCUT2D eigenvalue weighted by atomic mass is 35.5. The molecular weight excluding hydrogens is 394 g/mol. The van der Waals surface area contributed by atoms with Gasteiger partial charge in [-0.25, -0.2) is 9.48 Å². The maximum absolute atomic E-state index is 12.5. The molecule has 2 N–H and O–H groups in total. The second-order valence-corrected chi connectivity index (χ2v) is 7.09. The maximum atomic E-state index is 12.5. The van der Waals surface area contributed by atoms with Gasteiger partial charge in [-0.3, -0.25) is 4.79 Å². The van der Waals surface area contributed by atoms with Crippen molar-refractivity contribution in [3.8, 4) is 0 Å². The number of nitrogens with one attached hydrogen (secondary N) is 2. The molecule has 1 unspecified atom stereocenters. The average molecular weight is 418 g/mol. The van der Waals surface area contributed by atoms with E-state index >= 15 is 0 Å². The lowest BCUT2D eigenvalue weighted by molar-refractivity contribution is 0.0946. The Morgan fingerprint density at radius 2 is 2.21 bits per heavy atom. The molecule has 154 valence electrons. The summed E-state index contributed by atoms with van der Waals surface area (Å²) in [6.07, 6.45) is 2.03. The molecule has 0 radical (unpaired) electrons. The molecule has 4 rings (SSSR count). The normalized spacial score (nSPS) is 16.4. The molecule has 1 fully saturated rings. The van der Waals surface area contributed by atoms with E-state index in [0.29, 0.717) is 24.4 Å². The molecule has 8 nitrogen and oxygen atoms in total. The summed E-state index contributed by atoms with van der Waals surface area (Å²) in [6.45, 7) is 4.35. The van der Waals surface area contributed by atoms with Crippen molar-refractivity contribution < 1.29 is 9.21 Å². The van der Waals surface area contributed by atoms with Crippen LogP contribution in [0.15, 0.2) is 39.5 Å². The second kappa shape index (κ2) is 9.19. The number of nitrogens with zero attached hydrogens (tertiary/aromatic N) is 3. The van der Waals surface area contributed by atoms with Crippen LogP contribution in [0.4, 0.5) is 0 Å². The van der Waals surface area contributed by atoms with Crippen molar-refractivity contribution >= 4 is 29.3 Å². The van der Waals surface area contributed by atoms with Crippen molar-refractivity contribution in [3.05, 3.63) is 57.6 Å². The van der Waals surface area contributed by atoms with Crippen LogP contribution in [0.3, 0.4) is 0 Å². The standard InChI is InChI=1S/C20H23N5O3.ClH/c1-13-11-17(14-5-4-8-21-12-14)28-20(27)18(13)19(26)22-9-10-25-16-7-3-2-6-15(16)23-24-25;/h2-3,6-7,11,14,21H,4-5,8-10,12H2,1H3,(H,22,26);1H. The Morgan fingerprint density at radius 1 is 1.38 bits per heavy atom. The number of aromatic nitrogens is 3. The number of carbonyl (C=O) groups excluding carboxylic acids is 1. The van der Waals surface area contributed by atoms with E-state index in [0.717, 1.165) is 37.0 Å². The predicted molar refractivity (Wildman–Crippen MR) is 112 cm³/mol. The van der Waals surface area contributed by atoms with Crippen LogP contribution in [0.25, 0.3) is 11.0 Å². The molecular formula is C20H24ClN5O3. The third-order valence-corrected chi connectivity index (χ3v) is 5.12. The lowest BCUT2D eigenvalue weighted by atomic mass is 9.95. The summed E-state index contributed by atoms with van der Waals surface area (Å²) in [4.78, 5) is 25.0. The third-order valence-electron chi connectivity index (χ3n) is 5.12. The number of halogens is 1. The molecule has 1 aliphatic rings. The lowest BCUT2D eigenvalue weighted by Gasteiger charge is -2.22. The Balaban J connectivity index is 0.00000240. The minimum Gasteiger partial charge on any atom is -0.427 e. The largest absolute Gasteiger partial charge is 0.427 e. The summed E-state index contributed by atoms with van der Waals surface area (Å²) < 4.78 is 7.20. The second-order valence-electron chi connectivity index (χ2n) is 7.09. The molecule has 1 saturated heterocycles. The zero-order valence-electron chi connectivity index (χ0n) is 16.2. The van der Waals surface area contributed by atoms with E-state index in [1.807, 2.05) is 30.3 Å². The maximum Gasteiger partial charge on any atom is 0.349 e. The number of hydrogen-bond donors (Lipinski definition) is 2. The Bertz CT molecular complexity index is 1060. The molecule has 3 aromatic rings. The van der Waals surface area contributed by atoms with Gasteiger partial charge < -0.3 is 15.1 Å². The molecule has 1 aromatic carbocycles. The molecule has 2 aromatic heterocycles. The first-order valence-electron chi connectivity index (χ1n) is 9.55. The fourth-order valence-electron chi connectivity index (χ4n) is 3.65. The van der Waals surface area contributed by atoms with Gasteiger partial charge in [0.1, 0.15) is 16.8 Å². The first kappa shape index (κ1) is 21.0. The number of rotatable bonds is 5. The van der Waals surface area contributed by atoms with Crippen LogP contribution < -0.4 is 16.3 Å². The van der Waals surface area contributed by atoms with Crippen LogP contribution >= 0.6 is 12.4 Å². The minimum atomic E-state index is -0.579. The van der Waals surface area contributed by atoms with Gasteiger partial charge in [-0.2, -0.15) is 0 Å². The van der Waals surface area contributed by atoms with Crippen LogP contribution in [0.5, 0.6) is 0 Å². The fraction of sp³-hybridized carbons (Fsp3) is 0.400. The fourth-order valence-corrected chi connectivity index (χ4v) is 3.65. The first-order valence-corrected chi connectivity index (χ1v) is 9.55. The number of carbonyl (C=O) groups is 1. The van der Waals surface area contributed by atoms with E-state index in [1.54, 1.807) is 11.6 Å². The summed E-state index contributed by atoms with van der Waals surface area (Å²) in [5, 5.41) is 14.3. The molecule has 0 aliphatic carbocycles. The summed E-state index contributed by atoms with van der Waals surface area (Å²) in [5.74, 6) is 0.405. The van der Waals surface area contributed by atoms with Gasteiger partial charge in [-0.05, 0) is 50.1 Å². The zero-order chi connectivity index (χ0) is 19.5. The SMILES string of the molecule is Cc1cc(C2CCCNC2)oc(=O)c1C(=O)NCCn1nnc2ccccc21.Cl. The van der Waals surface area contributed by atoms with Crippen molar-refractivity contribution in [3.63, 3.8) is 0 Å². The molecule has 0 spiro atoms. The van der Waals surface area contributed by atoms with Crippen molar-refractivity contribution in [1.82, 2.24) is 25.6 Å². The van der Waals surface area contributed by atoms with Crippen molar-refractivity contribution in [2.45, 2.75) is 32.2 Å². The van der Waals surface area contributed by atoms with Gasteiger partial charge in [0.15, 0.2) is 0 Å². The Kier molecular flexibility index (Phi) is 6.66. The van der Waals surface area contributed by atoms with Gasteiger partial charge in [0.25, 0.3) is 5.91 Å². The summed E-state index contributed by atoms with van der Waals surface area (Å²) in [5.41, 5.74) is 1.83. The zero-order valence-corrected chi connectivity index (χ0v) is 17.0. The Morgan fingerprint density at radius 3 is 2.97 bits per heavy atom. The van der Waals surface area contributed by atoms with Gasteiger partial charge in [0.05, 0.1) is 12.1 Å². The molecule has 1 amide bonds. The van der Waals surface area contributed by atoms with Crippen molar-refractivity contribution in [1.29, 1.82) is 0 Å². The number of para-hydroxylation sites is 1. The van der Waals surface area contributed by atoms with Gasteiger partial charge in [0.2, 0.25) is 0 Å². The molecule has 9 heteroatoms. The van der Waals surface area contributed by atoms with Gasteiger partial charge in [0, 0.05) is 19.0 Å². The summed E-state index contributed by atoms with van der Waals surface area (Å²) in [6, 6.07) is 9.44. The van der Waals surface area contributed by atoms with Crippen molar-refractivity contribution in [2.24, 2.45) is 0 Å². The van der Waals surface area contributed by atoms with E-state index in [1.165, 1.54) is 0 Å². The number of amides is 1. The topological polar surface area (TPSA) is 102 Å². The molecule has 3 heterocycles. The van der Waals surface area contributed by atoms with Crippen LogP contribution in [-0.2, 0) is 6.54 Å². The molecule has 1 aliphatic heterocycles. The lowest BCUT2D eigenvalue weighted by Crippen LogP contribution is -2.33. The van der Waals surface area contributed by atoms with E-state index < -0.39 is 11.5 Å². The highest BCUT2D eigenvalue weighted by Crippen LogP contribution is 2.23. The minimum absolute atomic E-state index is 0. The van der Waals surface area contributed by atoms with Crippen LogP contribution in [0.1, 0.15) is 40.4 Å². The number of aryl methyl sites for hydroxylation is 1. The number of benzene rings is 1. The molecule has 0 saturated carbocycles. The number of fused-ring (bicyclic) bond motifs is 1. The van der Waals surface area contributed by atoms with E-state index in [9.17, 15) is 9.59 Å². The molecule has 0 bridgehead atoms. The smallest absolute Gasteiger partial charge is 0.349 e. The quantitative estimate of drug-likeness (QED) is 0.658. The van der Waals surface area contributed by atoms with E-state index in [-0.39, 0.29) is 23.9 Å². The predicted octanol–water partition coefficient (Wildman–Crippen LogP) is 2.01. The highest BCUT2D eigenvalue weighted by molar-refractivity contribution is 5.95. The van der Waals surface area contributed by atoms with Crippen LogP contribution in [-0.4, -0.2) is 40.5 Å². The molecule has 29 heavy (non-hydrogen) atoms. The van der Waals surface area contributed by atoms with Gasteiger partial charge >= 0.3 is 5.63 Å². The highest BCUT2D eigenvalue weighted by Gasteiger charge is 2.22. The van der Waals surface area contributed by atoms with E-state index in [4.69, 9.17) is 4.42 Å². The van der Waals surface area contributed by atoms with Crippen LogP contribution in [0.2, 0.25) is 0 Å². The monoisotopic (exact) mass is 417 g/mol. The average Bonchev–Trinajstić information content (AvgIpc) is 3.11. The Hall–Kier alpha value is -2.71. The third kappa shape index (κ3) is 4.49. The summed E-state index contributed by atoms with van der Waals surface area (Å²) in [7, 11) is 0. The first-order chi connectivity index (χ1) is 13.6. The van der Waals surface area contributed by atoms with Gasteiger partial charge in [-0.1, -0.05) is 17.3 Å². The number of hydrogen-bond acceptors (Lipinski definition) is 6. The van der Waals surface area contributed by atoms with Crippen LogP contribution in [0, 0.1) is 6.92 Å². The summed E-state index contributed by atoms with van der Waals surface area (Å²) >= 11 is 0. The van der Waals surface area contributed by atoms with Crippen molar-refractivity contribution in [2.75, 3.05) is 19.6 Å². The van der Waals surface area contributed by atoms with Gasteiger partial charge in [-0.15, -0.1) is 17.5 Å². The van der Waals surface area contributed by atoms with E-state index in [2.05, 4.69) is 20.9 Å². The number of piperidine rings is 1. The molecule has 1 atom stereocenters. The Labute approximate surface area is 174 Å².